The summed E-state index contributed by atoms with van der Waals surface area (Å²) in [6, 6.07) is 35.5. The van der Waals surface area contributed by atoms with Crippen LogP contribution in [0.25, 0.3) is 53.2 Å². The average molecular weight is 415 g/mol. The van der Waals surface area contributed by atoms with Crippen LogP contribution in [0.4, 0.5) is 0 Å². The molecule has 148 valence electrons. The molecule has 0 fully saturated rings. The van der Waals surface area contributed by atoms with Crippen LogP contribution in [0.3, 0.4) is 0 Å². The first kappa shape index (κ1) is 18.4. The van der Waals surface area contributed by atoms with E-state index in [9.17, 15) is 0 Å². The molecule has 0 nitrogen and oxygen atoms in total. The molecule has 0 unspecified atom stereocenters. The number of fused-ring (bicyclic) bond motifs is 3. The van der Waals surface area contributed by atoms with Crippen molar-refractivity contribution in [2.75, 3.05) is 0 Å². The Morgan fingerprint density at radius 3 is 1.90 bits per heavy atom. The zero-order chi connectivity index (χ0) is 20.9. The third-order valence-electron chi connectivity index (χ3n) is 6.51. The zero-order valence-corrected chi connectivity index (χ0v) is 18.5. The molecule has 0 amide bonds. The van der Waals surface area contributed by atoms with Gasteiger partial charge in [-0.25, -0.2) is 0 Å². The van der Waals surface area contributed by atoms with Crippen LogP contribution in [-0.4, -0.2) is 0 Å². The third kappa shape index (κ3) is 2.89. The molecule has 0 saturated carbocycles. The maximum atomic E-state index is 2.38. The van der Waals surface area contributed by atoms with Crippen LogP contribution in [0.15, 0.2) is 97.1 Å². The third-order valence-corrected chi connectivity index (χ3v) is 7.68. The summed E-state index contributed by atoms with van der Waals surface area (Å²) in [6.07, 6.45) is 0. The van der Waals surface area contributed by atoms with Gasteiger partial charge in [0.25, 0.3) is 0 Å². The van der Waals surface area contributed by atoms with E-state index in [1.807, 2.05) is 11.3 Å². The zero-order valence-electron chi connectivity index (χ0n) is 17.6. The molecular formula is C30H22S. The molecule has 31 heavy (non-hydrogen) atoms. The minimum atomic E-state index is 1.29. The molecule has 6 rings (SSSR count). The van der Waals surface area contributed by atoms with Gasteiger partial charge in [0, 0.05) is 9.75 Å². The fourth-order valence-corrected chi connectivity index (χ4v) is 5.88. The van der Waals surface area contributed by atoms with E-state index >= 15 is 0 Å². The maximum Gasteiger partial charge on any atom is 0.0355 e. The lowest BCUT2D eigenvalue weighted by atomic mass is 9.92. The number of hydrogen-bond donors (Lipinski definition) is 0. The molecule has 6 aromatic rings. The fraction of sp³-hybridized carbons (Fsp3) is 0.0667. The first-order valence-corrected chi connectivity index (χ1v) is 11.5. The second-order valence-electron chi connectivity index (χ2n) is 8.25. The summed E-state index contributed by atoms with van der Waals surface area (Å²) < 4.78 is 0. The molecular weight excluding hydrogens is 392 g/mol. The Bertz CT molecular complexity index is 1590. The number of aryl methyl sites for hydroxylation is 2. The summed E-state index contributed by atoms with van der Waals surface area (Å²) in [5.41, 5.74) is 5.34. The van der Waals surface area contributed by atoms with Gasteiger partial charge in [0.1, 0.15) is 0 Å². The van der Waals surface area contributed by atoms with Crippen LogP contribution in [0.1, 0.15) is 11.1 Å². The van der Waals surface area contributed by atoms with Gasteiger partial charge in [0.2, 0.25) is 0 Å². The number of thiophene rings is 1. The van der Waals surface area contributed by atoms with E-state index in [2.05, 4.69) is 111 Å². The van der Waals surface area contributed by atoms with Crippen LogP contribution >= 0.6 is 11.3 Å². The van der Waals surface area contributed by atoms with Crippen LogP contribution in [0, 0.1) is 13.8 Å². The molecule has 1 aromatic heterocycles. The van der Waals surface area contributed by atoms with Gasteiger partial charge in [-0.15, -0.1) is 11.3 Å². The summed E-state index contributed by atoms with van der Waals surface area (Å²) in [4.78, 5) is 2.63. The van der Waals surface area contributed by atoms with Gasteiger partial charge in [-0.3, -0.25) is 0 Å². The number of benzene rings is 5. The van der Waals surface area contributed by atoms with Gasteiger partial charge in [0.15, 0.2) is 0 Å². The number of hydrogen-bond acceptors (Lipinski definition) is 1. The highest BCUT2D eigenvalue weighted by atomic mass is 32.1. The van der Waals surface area contributed by atoms with Crippen molar-refractivity contribution in [1.29, 1.82) is 0 Å². The summed E-state index contributed by atoms with van der Waals surface area (Å²) in [6.45, 7) is 4.50. The van der Waals surface area contributed by atoms with Gasteiger partial charge < -0.3 is 0 Å². The van der Waals surface area contributed by atoms with Gasteiger partial charge in [-0.05, 0) is 86.6 Å². The molecule has 0 aliphatic heterocycles. The molecule has 0 atom stereocenters. The Hall–Kier alpha value is -3.42. The molecule has 0 N–H and O–H groups in total. The van der Waals surface area contributed by atoms with Crippen LogP contribution in [0.2, 0.25) is 0 Å². The van der Waals surface area contributed by atoms with Gasteiger partial charge >= 0.3 is 0 Å². The minimum Gasteiger partial charge on any atom is -0.135 e. The topological polar surface area (TPSA) is 0 Å². The Balaban J connectivity index is 1.51. The molecule has 0 radical (unpaired) electrons. The maximum absolute atomic E-state index is 2.38. The van der Waals surface area contributed by atoms with Crippen molar-refractivity contribution in [2.45, 2.75) is 13.8 Å². The molecule has 0 aliphatic rings. The molecule has 0 bridgehead atoms. The number of rotatable bonds is 2. The monoisotopic (exact) mass is 414 g/mol. The quantitative estimate of drug-likeness (QED) is 0.248. The second kappa shape index (κ2) is 7.08. The van der Waals surface area contributed by atoms with E-state index in [1.165, 1.54) is 64.3 Å². The molecule has 0 saturated heterocycles. The highest BCUT2D eigenvalue weighted by molar-refractivity contribution is 7.18. The fourth-order valence-electron chi connectivity index (χ4n) is 4.84. The summed E-state index contributed by atoms with van der Waals surface area (Å²) in [5.74, 6) is 0. The minimum absolute atomic E-state index is 1.29. The molecule has 1 heteroatoms. The van der Waals surface area contributed by atoms with Crippen molar-refractivity contribution in [3.63, 3.8) is 0 Å². The molecule has 5 aromatic carbocycles. The Labute approximate surface area is 186 Å². The first-order valence-electron chi connectivity index (χ1n) is 10.7. The predicted molar refractivity (Wildman–Crippen MR) is 137 cm³/mol. The average Bonchev–Trinajstić information content (AvgIpc) is 3.32. The van der Waals surface area contributed by atoms with Crippen molar-refractivity contribution < 1.29 is 0 Å². The summed E-state index contributed by atoms with van der Waals surface area (Å²) >= 11 is 1.88. The van der Waals surface area contributed by atoms with Gasteiger partial charge in [-0.1, -0.05) is 78.9 Å². The Morgan fingerprint density at radius 2 is 1.10 bits per heavy atom. The largest absolute Gasteiger partial charge is 0.135 e. The van der Waals surface area contributed by atoms with E-state index in [1.54, 1.807) is 0 Å². The van der Waals surface area contributed by atoms with E-state index in [4.69, 9.17) is 0 Å². The van der Waals surface area contributed by atoms with Crippen molar-refractivity contribution in [3.05, 3.63) is 108 Å². The van der Waals surface area contributed by atoms with Crippen LogP contribution in [0.5, 0.6) is 0 Å². The predicted octanol–water partition coefficient (Wildman–Crippen LogP) is 9.16. The SMILES string of the molecule is Cc1c2ccccc2c(C)c2cc(-c3ccc(-c4cccc5ccccc45)s3)ccc12. The van der Waals surface area contributed by atoms with Gasteiger partial charge in [-0.2, -0.15) is 0 Å². The standard InChI is InChI=1S/C30H22S/c1-19-23-10-5-6-11-24(23)20(2)28-18-22(14-15-25(19)28)29-16-17-30(31-29)27-13-7-9-21-8-3-4-12-26(21)27/h3-18H,1-2H3. The van der Waals surface area contributed by atoms with Crippen LogP contribution in [-0.2, 0) is 0 Å². The highest BCUT2D eigenvalue weighted by Crippen LogP contribution is 2.40. The van der Waals surface area contributed by atoms with Crippen molar-refractivity contribution in [1.82, 2.24) is 0 Å². The normalized spacial score (nSPS) is 11.5. The Kier molecular flexibility index (Phi) is 4.19. The van der Waals surface area contributed by atoms with Crippen molar-refractivity contribution in [2.24, 2.45) is 0 Å². The molecule has 0 aliphatic carbocycles. The van der Waals surface area contributed by atoms with Crippen molar-refractivity contribution in [3.8, 4) is 20.9 Å². The summed E-state index contributed by atoms with van der Waals surface area (Å²) in [7, 11) is 0. The molecule has 0 spiro atoms. The Morgan fingerprint density at radius 1 is 0.484 bits per heavy atom. The van der Waals surface area contributed by atoms with E-state index in [0.29, 0.717) is 0 Å². The van der Waals surface area contributed by atoms with Crippen LogP contribution < -0.4 is 0 Å². The summed E-state index contributed by atoms with van der Waals surface area (Å²) in [5, 5.41) is 8.02. The van der Waals surface area contributed by atoms with Crippen molar-refractivity contribution >= 4 is 43.7 Å². The smallest absolute Gasteiger partial charge is 0.0355 e. The lowest BCUT2D eigenvalue weighted by molar-refractivity contribution is 1.52. The van der Waals surface area contributed by atoms with E-state index in [0.717, 1.165) is 0 Å². The van der Waals surface area contributed by atoms with Gasteiger partial charge in [0.05, 0.1) is 0 Å². The molecule has 1 heterocycles. The first-order chi connectivity index (χ1) is 15.2. The second-order valence-corrected chi connectivity index (χ2v) is 9.33. The van der Waals surface area contributed by atoms with E-state index < -0.39 is 0 Å². The van der Waals surface area contributed by atoms with E-state index in [-0.39, 0.29) is 0 Å². The lowest BCUT2D eigenvalue weighted by Gasteiger charge is -2.13. The highest BCUT2D eigenvalue weighted by Gasteiger charge is 2.12. The lowest BCUT2D eigenvalue weighted by Crippen LogP contribution is -1.88.